The second kappa shape index (κ2) is 9.60. The highest BCUT2D eigenvalue weighted by molar-refractivity contribution is 6.42. The minimum atomic E-state index is -0.161. The molecule has 0 radical (unpaired) electrons. The number of nitrogens with one attached hydrogen (secondary N) is 1. The molecule has 1 amide bonds. The Morgan fingerprint density at radius 3 is 2.78 bits per heavy atom. The average Bonchev–Trinajstić information content (AvgIpc) is 2.76. The van der Waals surface area contributed by atoms with Gasteiger partial charge in [0.1, 0.15) is 5.75 Å². The smallest absolute Gasteiger partial charge is 0.224 e. The number of fused-ring (bicyclic) bond motifs is 1. The second-order valence-corrected chi connectivity index (χ2v) is 10.0. The fourth-order valence-corrected chi connectivity index (χ4v) is 5.97. The molecule has 5 nitrogen and oxygen atoms in total. The molecular weight excluding hydrogens is 447 g/mol. The molecule has 1 unspecified atom stereocenters. The first-order chi connectivity index (χ1) is 15.3. The molecule has 1 aliphatic heterocycles. The Morgan fingerprint density at radius 1 is 1.25 bits per heavy atom. The zero-order valence-corrected chi connectivity index (χ0v) is 20.0. The largest absolute Gasteiger partial charge is 0.508 e. The number of amides is 1. The van der Waals surface area contributed by atoms with Crippen molar-refractivity contribution in [3.63, 3.8) is 0 Å². The Labute approximate surface area is 199 Å². The Bertz CT molecular complexity index is 985. The van der Waals surface area contributed by atoms with Crippen molar-refractivity contribution in [3.8, 4) is 5.75 Å². The number of piperidine rings is 1. The van der Waals surface area contributed by atoms with E-state index in [2.05, 4.69) is 23.3 Å². The Balaban J connectivity index is 1.57. The van der Waals surface area contributed by atoms with Crippen LogP contribution < -0.4 is 5.32 Å². The van der Waals surface area contributed by atoms with Crippen LogP contribution in [0.4, 0.5) is 0 Å². The van der Waals surface area contributed by atoms with E-state index in [9.17, 15) is 9.90 Å². The molecule has 2 aromatic rings. The number of ether oxygens (including phenoxy) is 1. The van der Waals surface area contributed by atoms with E-state index in [4.69, 9.17) is 27.9 Å². The number of hydrogen-bond donors (Lipinski definition) is 2. The third-order valence-electron chi connectivity index (χ3n) is 7.17. The molecule has 7 heteroatoms. The van der Waals surface area contributed by atoms with Gasteiger partial charge in [0.05, 0.1) is 22.6 Å². The van der Waals surface area contributed by atoms with Crippen molar-refractivity contribution in [2.75, 3.05) is 27.2 Å². The summed E-state index contributed by atoms with van der Waals surface area (Å²) in [6.45, 7) is 1.89. The molecular formula is C25H30Cl2N2O3. The van der Waals surface area contributed by atoms with Gasteiger partial charge in [-0.2, -0.15) is 0 Å². The third kappa shape index (κ3) is 4.76. The Morgan fingerprint density at radius 2 is 2.06 bits per heavy atom. The Kier molecular flexibility index (Phi) is 7.01. The fraction of sp³-hybridized carbons (Fsp3) is 0.480. The topological polar surface area (TPSA) is 61.8 Å². The fourth-order valence-electron chi connectivity index (χ4n) is 5.65. The lowest BCUT2D eigenvalue weighted by Crippen LogP contribution is -2.60. The van der Waals surface area contributed by atoms with Gasteiger partial charge in [-0.25, -0.2) is 0 Å². The first-order valence-corrected chi connectivity index (χ1v) is 11.8. The number of carbonyl (C=O) groups excluding carboxylic acids is 1. The molecule has 1 heterocycles. The predicted octanol–water partition coefficient (Wildman–Crippen LogP) is 4.42. The number of halogens is 2. The van der Waals surface area contributed by atoms with Gasteiger partial charge >= 0.3 is 0 Å². The maximum absolute atomic E-state index is 12.9. The van der Waals surface area contributed by atoms with E-state index in [0.29, 0.717) is 10.0 Å². The highest BCUT2D eigenvalue weighted by Gasteiger charge is 2.52. The molecule has 2 N–H and O–H groups in total. The standard InChI is InChI=1S/C25H30Cl2N2O3/c1-29-9-8-25(17-4-3-5-19(30)12-17)14-18(13-23(32-2)20(25)15-29)28-24(31)11-16-6-7-21(26)22(27)10-16/h3-7,10,12,18,20,23,30H,8-9,11,13-15H2,1-2H3,(H,28,31)/t18-,20-,23?,25-/m0/s1. The van der Waals surface area contributed by atoms with Crippen LogP contribution in [0.3, 0.4) is 0 Å². The van der Waals surface area contributed by atoms with Gasteiger partial charge in [0.2, 0.25) is 5.91 Å². The van der Waals surface area contributed by atoms with E-state index < -0.39 is 0 Å². The van der Waals surface area contributed by atoms with Crippen LogP contribution in [0.25, 0.3) is 0 Å². The number of carbonyl (C=O) groups is 1. The maximum atomic E-state index is 12.9. The molecule has 2 aliphatic rings. The summed E-state index contributed by atoms with van der Waals surface area (Å²) < 4.78 is 5.97. The molecule has 0 spiro atoms. The zero-order chi connectivity index (χ0) is 22.9. The number of likely N-dealkylation sites (tertiary alicyclic amines) is 1. The summed E-state index contributed by atoms with van der Waals surface area (Å²) in [4.78, 5) is 15.3. The second-order valence-electron chi connectivity index (χ2n) is 9.23. The zero-order valence-electron chi connectivity index (χ0n) is 18.5. The number of hydrogen-bond acceptors (Lipinski definition) is 4. The van der Waals surface area contributed by atoms with Crippen LogP contribution in [-0.2, 0) is 21.4 Å². The molecule has 4 atom stereocenters. The summed E-state index contributed by atoms with van der Waals surface area (Å²) in [6.07, 6.45) is 2.81. The number of rotatable bonds is 5. The Hall–Kier alpha value is -1.79. The summed E-state index contributed by atoms with van der Waals surface area (Å²) >= 11 is 12.1. The summed E-state index contributed by atoms with van der Waals surface area (Å²) in [7, 11) is 3.90. The van der Waals surface area contributed by atoms with Gasteiger partial charge in [-0.3, -0.25) is 4.79 Å². The van der Waals surface area contributed by atoms with E-state index in [1.54, 1.807) is 25.3 Å². The average molecular weight is 477 g/mol. The lowest BCUT2D eigenvalue weighted by molar-refractivity contribution is -0.123. The maximum Gasteiger partial charge on any atom is 0.224 e. The monoisotopic (exact) mass is 476 g/mol. The van der Waals surface area contributed by atoms with Gasteiger partial charge in [0.15, 0.2) is 0 Å². The van der Waals surface area contributed by atoms with Crippen molar-refractivity contribution >= 4 is 29.1 Å². The summed E-state index contributed by atoms with van der Waals surface area (Å²) in [5.41, 5.74) is 1.79. The first kappa shape index (κ1) is 23.4. The highest BCUT2D eigenvalue weighted by atomic mass is 35.5. The van der Waals surface area contributed by atoms with Crippen molar-refractivity contribution in [3.05, 3.63) is 63.6 Å². The number of phenolic OH excluding ortho intramolecular Hbond substituents is 1. The van der Waals surface area contributed by atoms with Gasteiger partial charge < -0.3 is 20.1 Å². The van der Waals surface area contributed by atoms with Crippen molar-refractivity contribution in [1.29, 1.82) is 0 Å². The van der Waals surface area contributed by atoms with Gasteiger partial charge in [-0.1, -0.05) is 41.4 Å². The number of methoxy groups -OCH3 is 1. The molecule has 172 valence electrons. The van der Waals surface area contributed by atoms with E-state index >= 15 is 0 Å². The van der Waals surface area contributed by atoms with E-state index in [0.717, 1.165) is 43.5 Å². The highest BCUT2D eigenvalue weighted by Crippen LogP contribution is 2.50. The summed E-state index contributed by atoms with van der Waals surface area (Å²) in [5, 5.41) is 14.4. The predicted molar refractivity (Wildman–Crippen MR) is 128 cm³/mol. The van der Waals surface area contributed by atoms with E-state index in [1.807, 2.05) is 18.2 Å². The van der Waals surface area contributed by atoms with Crippen molar-refractivity contribution in [2.45, 2.75) is 43.2 Å². The van der Waals surface area contributed by atoms with E-state index in [-0.39, 0.29) is 41.6 Å². The van der Waals surface area contributed by atoms with Gasteiger partial charge in [-0.15, -0.1) is 0 Å². The normalized spacial score (nSPS) is 28.2. The van der Waals surface area contributed by atoms with Crippen LogP contribution in [0.1, 0.15) is 30.4 Å². The lowest BCUT2D eigenvalue weighted by Gasteiger charge is -2.55. The van der Waals surface area contributed by atoms with Crippen LogP contribution >= 0.6 is 23.2 Å². The molecule has 32 heavy (non-hydrogen) atoms. The van der Waals surface area contributed by atoms with Crippen LogP contribution in [0.2, 0.25) is 10.0 Å². The molecule has 1 saturated carbocycles. The minimum absolute atomic E-state index is 0.0165. The van der Waals surface area contributed by atoms with Crippen LogP contribution in [0.15, 0.2) is 42.5 Å². The SMILES string of the molecule is COC1C[C@H](NC(=O)Cc2ccc(Cl)c(Cl)c2)C[C@]2(c3cccc(O)c3)CCN(C)C[C@@H]12. The molecule has 0 bridgehead atoms. The molecule has 0 aromatic heterocycles. The number of nitrogens with zero attached hydrogens (tertiary/aromatic N) is 1. The lowest BCUT2D eigenvalue weighted by atomic mass is 9.57. The van der Waals surface area contributed by atoms with Gasteiger partial charge in [-0.05, 0) is 68.2 Å². The molecule has 1 saturated heterocycles. The van der Waals surface area contributed by atoms with Gasteiger partial charge in [0.25, 0.3) is 0 Å². The minimum Gasteiger partial charge on any atom is -0.508 e. The van der Waals surface area contributed by atoms with Crippen LogP contribution in [-0.4, -0.2) is 55.3 Å². The first-order valence-electron chi connectivity index (χ1n) is 11.0. The third-order valence-corrected chi connectivity index (χ3v) is 7.91. The number of phenols is 1. The summed E-state index contributed by atoms with van der Waals surface area (Å²) in [6, 6.07) is 12.9. The molecule has 2 aromatic carbocycles. The molecule has 1 aliphatic carbocycles. The van der Waals surface area contributed by atoms with Crippen molar-refractivity contribution in [2.24, 2.45) is 5.92 Å². The van der Waals surface area contributed by atoms with Crippen LogP contribution in [0, 0.1) is 5.92 Å². The van der Waals surface area contributed by atoms with Crippen LogP contribution in [0.5, 0.6) is 5.75 Å². The number of aromatic hydroxyl groups is 1. The van der Waals surface area contributed by atoms with E-state index in [1.165, 1.54) is 0 Å². The molecule has 2 fully saturated rings. The quantitative estimate of drug-likeness (QED) is 0.669. The summed E-state index contributed by atoms with van der Waals surface area (Å²) in [5.74, 6) is 0.520. The van der Waals surface area contributed by atoms with Crippen molar-refractivity contribution < 1.29 is 14.6 Å². The number of benzene rings is 2. The molecule has 4 rings (SSSR count). The van der Waals surface area contributed by atoms with Gasteiger partial charge in [0, 0.05) is 31.0 Å². The van der Waals surface area contributed by atoms with Crippen molar-refractivity contribution in [1.82, 2.24) is 10.2 Å².